The Kier molecular flexibility index (Phi) is 7.37. The molecular weight excluding hydrogens is 244 g/mol. The largest absolute Gasteiger partial charge is 0.479 e. The summed E-state index contributed by atoms with van der Waals surface area (Å²) in [6.45, 7) is 6.03. The molecule has 102 valence electrons. The molecule has 18 heavy (non-hydrogen) atoms. The third kappa shape index (κ3) is 7.39. The van der Waals surface area contributed by atoms with Crippen LogP contribution in [0.5, 0.6) is 0 Å². The number of hydrogen-bond acceptors (Lipinski definition) is 6. The second-order valence-corrected chi connectivity index (χ2v) is 3.32. The van der Waals surface area contributed by atoms with Gasteiger partial charge in [0.15, 0.2) is 6.10 Å². The average Bonchev–Trinajstić information content (AvgIpc) is 2.23. The smallest absolute Gasteiger partial charge is 0.333 e. The number of carboxylic acids is 1. The summed E-state index contributed by atoms with van der Waals surface area (Å²) in [5.41, 5.74) is 0. The predicted molar refractivity (Wildman–Crippen MR) is 59.5 cm³/mol. The first-order chi connectivity index (χ1) is 8.36. The number of ether oxygens (including phenoxy) is 3. The lowest BCUT2D eigenvalue weighted by molar-refractivity contribution is -0.164. The number of rotatable bonds is 8. The van der Waals surface area contributed by atoms with Crippen molar-refractivity contribution in [3.05, 3.63) is 12.3 Å². The first-order valence-electron chi connectivity index (χ1n) is 5.23. The number of carboxylic acid groups (broad SMARTS) is 1. The van der Waals surface area contributed by atoms with Crippen molar-refractivity contribution in [3.8, 4) is 0 Å². The van der Waals surface area contributed by atoms with Crippen molar-refractivity contribution in [2.24, 2.45) is 0 Å². The molecule has 0 aromatic rings. The van der Waals surface area contributed by atoms with Crippen LogP contribution in [-0.4, -0.2) is 42.3 Å². The van der Waals surface area contributed by atoms with Gasteiger partial charge in [-0.3, -0.25) is 4.79 Å². The summed E-state index contributed by atoms with van der Waals surface area (Å²) in [6.07, 6.45) is -1.97. The van der Waals surface area contributed by atoms with Crippen LogP contribution in [0.4, 0.5) is 0 Å². The molecule has 0 spiro atoms. The second kappa shape index (κ2) is 8.24. The lowest BCUT2D eigenvalue weighted by Gasteiger charge is -2.12. The summed E-state index contributed by atoms with van der Waals surface area (Å²) in [5, 5.41) is 8.79. The molecule has 0 bridgehead atoms. The number of carbonyl (C=O) groups is 3. The van der Waals surface area contributed by atoms with Crippen LogP contribution in [0.1, 0.15) is 20.3 Å². The van der Waals surface area contributed by atoms with Crippen molar-refractivity contribution in [1.29, 1.82) is 0 Å². The van der Waals surface area contributed by atoms with Crippen LogP contribution < -0.4 is 0 Å². The fraction of sp³-hybridized carbons (Fsp3) is 0.545. The molecule has 0 unspecified atom stereocenters. The van der Waals surface area contributed by atoms with Gasteiger partial charge in [-0.05, 0) is 13.8 Å². The van der Waals surface area contributed by atoms with E-state index in [1.54, 1.807) is 6.92 Å². The molecule has 1 N–H and O–H groups in total. The van der Waals surface area contributed by atoms with Gasteiger partial charge in [-0.25, -0.2) is 9.59 Å². The number of carbonyl (C=O) groups excluding carboxylic acids is 2. The Hall–Kier alpha value is -1.89. The second-order valence-electron chi connectivity index (χ2n) is 3.32. The highest BCUT2D eigenvalue weighted by atomic mass is 16.6. The van der Waals surface area contributed by atoms with Crippen LogP contribution in [-0.2, 0) is 28.6 Å². The van der Waals surface area contributed by atoms with Gasteiger partial charge in [-0.2, -0.15) is 0 Å². The molecule has 1 atom stereocenters. The summed E-state index contributed by atoms with van der Waals surface area (Å²) in [6, 6.07) is 0. The van der Waals surface area contributed by atoms with Crippen molar-refractivity contribution < 1.29 is 33.7 Å². The Bertz CT molecular complexity index is 334. The van der Waals surface area contributed by atoms with Gasteiger partial charge in [0.25, 0.3) is 0 Å². The van der Waals surface area contributed by atoms with Crippen molar-refractivity contribution in [2.75, 3.05) is 13.2 Å². The Labute approximate surface area is 104 Å². The lowest BCUT2D eigenvalue weighted by atomic mass is 10.2. The van der Waals surface area contributed by atoms with Crippen molar-refractivity contribution >= 4 is 17.9 Å². The fourth-order valence-electron chi connectivity index (χ4n) is 0.976. The summed E-state index contributed by atoms with van der Waals surface area (Å²) in [4.78, 5) is 32.9. The van der Waals surface area contributed by atoms with E-state index in [9.17, 15) is 14.4 Å². The Morgan fingerprint density at radius 1 is 1.28 bits per heavy atom. The third-order valence-corrected chi connectivity index (χ3v) is 1.62. The molecule has 0 aliphatic carbocycles. The Morgan fingerprint density at radius 2 is 1.89 bits per heavy atom. The Morgan fingerprint density at radius 3 is 2.33 bits per heavy atom. The zero-order chi connectivity index (χ0) is 14.1. The molecular formula is C11H16O7. The van der Waals surface area contributed by atoms with E-state index in [0.717, 1.165) is 0 Å². The van der Waals surface area contributed by atoms with Crippen molar-refractivity contribution in [2.45, 2.75) is 26.4 Å². The molecule has 0 saturated heterocycles. The van der Waals surface area contributed by atoms with Crippen molar-refractivity contribution in [3.63, 3.8) is 0 Å². The summed E-state index contributed by atoms with van der Waals surface area (Å²) in [5.74, 6) is -2.71. The topological polar surface area (TPSA) is 99.1 Å². The number of allylic oxidation sites excluding steroid dienone is 1. The van der Waals surface area contributed by atoms with Gasteiger partial charge in [-0.15, -0.1) is 0 Å². The molecule has 0 rings (SSSR count). The van der Waals surface area contributed by atoms with E-state index >= 15 is 0 Å². The minimum Gasteiger partial charge on any atom is -0.479 e. The quantitative estimate of drug-likeness (QED) is 0.500. The van der Waals surface area contributed by atoms with Gasteiger partial charge in [0.05, 0.1) is 18.8 Å². The lowest BCUT2D eigenvalue weighted by Crippen LogP contribution is -2.30. The molecule has 0 aromatic carbocycles. The number of hydrogen-bond donors (Lipinski definition) is 1. The average molecular weight is 260 g/mol. The number of aliphatic carboxylic acids is 1. The molecule has 0 aliphatic rings. The SMILES string of the molecule is C=C(C)OC(=O)C[C@H](OCC(=O)OCC)C(=O)O. The van der Waals surface area contributed by atoms with Crippen molar-refractivity contribution in [1.82, 2.24) is 0 Å². The Balaban J connectivity index is 4.23. The molecule has 0 fully saturated rings. The predicted octanol–water partition coefficient (Wildman–Crippen LogP) is 0.486. The van der Waals surface area contributed by atoms with Crippen LogP contribution in [0.25, 0.3) is 0 Å². The first kappa shape index (κ1) is 16.1. The highest BCUT2D eigenvalue weighted by molar-refractivity contribution is 5.81. The fourth-order valence-corrected chi connectivity index (χ4v) is 0.976. The first-order valence-corrected chi connectivity index (χ1v) is 5.23. The molecule has 0 amide bonds. The number of esters is 2. The minimum atomic E-state index is -1.46. The molecule has 0 heterocycles. The summed E-state index contributed by atoms with van der Waals surface area (Å²) < 4.78 is 13.9. The maximum atomic E-state index is 11.2. The van der Waals surface area contributed by atoms with Crippen LogP contribution >= 0.6 is 0 Å². The van der Waals surface area contributed by atoms with E-state index in [-0.39, 0.29) is 12.4 Å². The van der Waals surface area contributed by atoms with Crippen LogP contribution in [0, 0.1) is 0 Å². The maximum absolute atomic E-state index is 11.2. The van der Waals surface area contributed by atoms with E-state index in [1.807, 2.05) is 0 Å². The van der Waals surface area contributed by atoms with Gasteiger partial charge in [0.2, 0.25) is 0 Å². The van der Waals surface area contributed by atoms with Gasteiger partial charge >= 0.3 is 17.9 Å². The highest BCUT2D eigenvalue weighted by Gasteiger charge is 2.24. The summed E-state index contributed by atoms with van der Waals surface area (Å²) >= 11 is 0. The zero-order valence-electron chi connectivity index (χ0n) is 10.3. The van der Waals surface area contributed by atoms with Gasteiger partial charge < -0.3 is 19.3 Å². The van der Waals surface area contributed by atoms with Crippen LogP contribution in [0.2, 0.25) is 0 Å². The molecule has 7 nitrogen and oxygen atoms in total. The molecule has 0 aliphatic heterocycles. The van der Waals surface area contributed by atoms with Crippen LogP contribution in [0.15, 0.2) is 12.3 Å². The van der Waals surface area contributed by atoms with E-state index in [1.165, 1.54) is 6.92 Å². The van der Waals surface area contributed by atoms with E-state index in [0.29, 0.717) is 0 Å². The van der Waals surface area contributed by atoms with Gasteiger partial charge in [-0.1, -0.05) is 6.58 Å². The maximum Gasteiger partial charge on any atom is 0.333 e. The minimum absolute atomic E-state index is 0.148. The summed E-state index contributed by atoms with van der Waals surface area (Å²) in [7, 11) is 0. The zero-order valence-corrected chi connectivity index (χ0v) is 10.3. The van der Waals surface area contributed by atoms with Crippen LogP contribution in [0.3, 0.4) is 0 Å². The standard InChI is InChI=1S/C11H16O7/c1-4-16-10(13)6-17-8(11(14)15)5-9(12)18-7(2)3/h8H,2,4-6H2,1,3H3,(H,14,15)/t8-/m0/s1. The van der Waals surface area contributed by atoms with Gasteiger partial charge in [0.1, 0.15) is 6.61 Å². The molecule has 0 saturated carbocycles. The molecule has 0 radical (unpaired) electrons. The molecule has 7 heteroatoms. The monoisotopic (exact) mass is 260 g/mol. The van der Waals surface area contributed by atoms with Gasteiger partial charge in [0, 0.05) is 0 Å². The highest BCUT2D eigenvalue weighted by Crippen LogP contribution is 2.04. The van der Waals surface area contributed by atoms with E-state index < -0.39 is 37.0 Å². The normalized spacial score (nSPS) is 11.4. The van der Waals surface area contributed by atoms with E-state index in [2.05, 4.69) is 16.1 Å². The molecule has 0 aromatic heterocycles. The van der Waals surface area contributed by atoms with E-state index in [4.69, 9.17) is 9.84 Å². The third-order valence-electron chi connectivity index (χ3n) is 1.62.